The molecule has 0 unspecified atom stereocenters. The number of hydrogen-bond donors (Lipinski definition) is 1. The molecule has 1 N–H and O–H groups in total. The van der Waals surface area contributed by atoms with Crippen molar-refractivity contribution in [3.63, 3.8) is 0 Å². The van der Waals surface area contributed by atoms with Crippen LogP contribution in [0.3, 0.4) is 0 Å². The summed E-state index contributed by atoms with van der Waals surface area (Å²) < 4.78 is 0.700. The molecule has 0 bridgehead atoms. The van der Waals surface area contributed by atoms with Gasteiger partial charge in [-0.05, 0) is 52.9 Å². The summed E-state index contributed by atoms with van der Waals surface area (Å²) in [6.45, 7) is 1.85. The van der Waals surface area contributed by atoms with E-state index in [0.717, 1.165) is 5.56 Å². The number of carbonyl (C=O) groups is 1. The van der Waals surface area contributed by atoms with Gasteiger partial charge in [0, 0.05) is 11.6 Å². The molecule has 0 saturated heterocycles. The van der Waals surface area contributed by atoms with Crippen LogP contribution in [0.2, 0.25) is 0 Å². The van der Waals surface area contributed by atoms with E-state index in [-0.39, 0.29) is 11.3 Å². The van der Waals surface area contributed by atoms with E-state index < -0.39 is 10.8 Å². The van der Waals surface area contributed by atoms with E-state index in [4.69, 9.17) is 0 Å². The lowest BCUT2D eigenvalue weighted by molar-refractivity contribution is -0.387. The van der Waals surface area contributed by atoms with Crippen molar-refractivity contribution in [2.75, 3.05) is 11.6 Å². The average Bonchev–Trinajstić information content (AvgIpc) is 2.50. The van der Waals surface area contributed by atoms with Crippen LogP contribution in [0.1, 0.15) is 15.9 Å². The van der Waals surface area contributed by atoms with Gasteiger partial charge in [-0.2, -0.15) is 0 Å². The summed E-state index contributed by atoms with van der Waals surface area (Å²) in [5.41, 5.74) is 1.55. The van der Waals surface area contributed by atoms with E-state index in [1.165, 1.54) is 24.0 Å². The molecule has 0 aliphatic heterocycles. The Morgan fingerprint density at radius 2 is 2.14 bits per heavy atom. The predicted octanol–water partition coefficient (Wildman–Crippen LogP) is 4.03. The predicted molar refractivity (Wildman–Crippen MR) is 89.5 cm³/mol. The largest absolute Gasteiger partial charge is 0.321 e. The fourth-order valence-electron chi connectivity index (χ4n) is 1.80. The highest BCUT2D eigenvalue weighted by Crippen LogP contribution is 2.28. The SMILES string of the molecule is CSc1ccc(C(=O)Nc2cnc(Br)c(C)c2)cc1[N+](=O)[O-]. The molecule has 0 radical (unpaired) electrons. The second kappa shape index (κ2) is 6.89. The lowest BCUT2D eigenvalue weighted by atomic mass is 10.2. The van der Waals surface area contributed by atoms with Crippen LogP contribution < -0.4 is 5.32 Å². The third-order valence-corrected chi connectivity index (χ3v) is 4.53. The number of benzene rings is 1. The number of carbonyl (C=O) groups excluding carboxylic acids is 1. The van der Waals surface area contributed by atoms with Crippen LogP contribution in [0.15, 0.2) is 40.0 Å². The lowest BCUT2D eigenvalue weighted by Crippen LogP contribution is -2.12. The van der Waals surface area contributed by atoms with Crippen LogP contribution in [-0.2, 0) is 0 Å². The number of pyridine rings is 1. The Morgan fingerprint density at radius 3 is 2.73 bits per heavy atom. The maximum Gasteiger partial charge on any atom is 0.283 e. The quantitative estimate of drug-likeness (QED) is 0.373. The first-order valence-corrected chi connectivity index (χ1v) is 8.20. The highest BCUT2D eigenvalue weighted by molar-refractivity contribution is 9.10. The number of anilines is 1. The summed E-state index contributed by atoms with van der Waals surface area (Å²) in [6.07, 6.45) is 3.26. The molecule has 6 nitrogen and oxygen atoms in total. The number of aryl methyl sites for hydroxylation is 1. The number of amides is 1. The van der Waals surface area contributed by atoms with Crippen LogP contribution in [0.5, 0.6) is 0 Å². The Hall–Kier alpha value is -1.93. The van der Waals surface area contributed by atoms with Gasteiger partial charge in [0.2, 0.25) is 0 Å². The standard InChI is InChI=1S/C14H12BrN3O3S/c1-8-5-10(7-16-13(8)15)17-14(19)9-3-4-12(22-2)11(6-9)18(20)21/h3-7H,1-2H3,(H,17,19). The molecule has 1 aromatic heterocycles. The zero-order valence-corrected chi connectivity index (χ0v) is 14.2. The summed E-state index contributed by atoms with van der Waals surface area (Å²) in [7, 11) is 0. The van der Waals surface area contributed by atoms with Gasteiger partial charge in [0.05, 0.1) is 21.7 Å². The fourth-order valence-corrected chi connectivity index (χ4v) is 2.57. The highest BCUT2D eigenvalue weighted by Gasteiger charge is 2.17. The minimum atomic E-state index is -0.492. The molecule has 0 atom stereocenters. The molecular formula is C14H12BrN3O3S. The smallest absolute Gasteiger partial charge is 0.283 e. The number of hydrogen-bond acceptors (Lipinski definition) is 5. The van der Waals surface area contributed by atoms with Crippen molar-refractivity contribution in [1.29, 1.82) is 0 Å². The third-order valence-electron chi connectivity index (χ3n) is 2.91. The van der Waals surface area contributed by atoms with Crippen LogP contribution in [0, 0.1) is 17.0 Å². The molecule has 1 heterocycles. The number of thioether (sulfide) groups is 1. The second-order valence-corrected chi connectivity index (χ2v) is 6.03. The summed E-state index contributed by atoms with van der Waals surface area (Å²) in [5.74, 6) is -0.417. The first-order chi connectivity index (χ1) is 10.4. The Labute approximate surface area is 139 Å². The number of halogens is 1. The molecule has 0 aliphatic carbocycles. The Morgan fingerprint density at radius 1 is 1.41 bits per heavy atom. The number of rotatable bonds is 4. The maximum absolute atomic E-state index is 12.2. The van der Waals surface area contributed by atoms with Crippen molar-refractivity contribution in [2.45, 2.75) is 11.8 Å². The number of nitrogens with zero attached hydrogens (tertiary/aromatic N) is 2. The van der Waals surface area contributed by atoms with Gasteiger partial charge in [0.1, 0.15) is 4.60 Å². The Balaban J connectivity index is 2.27. The summed E-state index contributed by atoms with van der Waals surface area (Å²) in [5, 5.41) is 13.7. The molecular weight excluding hydrogens is 370 g/mol. The molecule has 0 spiro atoms. The first-order valence-electron chi connectivity index (χ1n) is 6.18. The summed E-state index contributed by atoms with van der Waals surface area (Å²) in [6, 6.07) is 6.18. The van der Waals surface area contributed by atoms with Gasteiger partial charge in [-0.3, -0.25) is 14.9 Å². The van der Waals surface area contributed by atoms with Crippen molar-refractivity contribution in [1.82, 2.24) is 4.98 Å². The van der Waals surface area contributed by atoms with Crippen molar-refractivity contribution in [3.8, 4) is 0 Å². The molecule has 2 aromatic rings. The van der Waals surface area contributed by atoms with Crippen molar-refractivity contribution in [2.24, 2.45) is 0 Å². The lowest BCUT2D eigenvalue weighted by Gasteiger charge is -2.07. The van der Waals surface area contributed by atoms with Crippen molar-refractivity contribution < 1.29 is 9.72 Å². The topological polar surface area (TPSA) is 85.1 Å². The Bertz CT molecular complexity index is 752. The molecule has 1 amide bonds. The minimum Gasteiger partial charge on any atom is -0.321 e. The second-order valence-electron chi connectivity index (χ2n) is 4.43. The minimum absolute atomic E-state index is 0.0785. The molecule has 1 aromatic carbocycles. The van der Waals surface area contributed by atoms with E-state index in [9.17, 15) is 14.9 Å². The maximum atomic E-state index is 12.2. The van der Waals surface area contributed by atoms with Gasteiger partial charge in [-0.1, -0.05) is 0 Å². The monoisotopic (exact) mass is 381 g/mol. The normalized spacial score (nSPS) is 10.3. The van der Waals surface area contributed by atoms with Gasteiger partial charge >= 0.3 is 0 Å². The molecule has 0 saturated carbocycles. The average molecular weight is 382 g/mol. The highest BCUT2D eigenvalue weighted by atomic mass is 79.9. The summed E-state index contributed by atoms with van der Waals surface area (Å²) in [4.78, 5) is 27.4. The molecule has 0 fully saturated rings. The van der Waals surface area contributed by atoms with Gasteiger partial charge < -0.3 is 5.32 Å². The van der Waals surface area contributed by atoms with E-state index in [0.29, 0.717) is 15.2 Å². The van der Waals surface area contributed by atoms with Crippen LogP contribution in [0.25, 0.3) is 0 Å². The molecule has 22 heavy (non-hydrogen) atoms. The number of aromatic nitrogens is 1. The zero-order valence-electron chi connectivity index (χ0n) is 11.8. The number of nitro benzene ring substituents is 1. The van der Waals surface area contributed by atoms with Gasteiger partial charge in [-0.15, -0.1) is 11.8 Å². The van der Waals surface area contributed by atoms with E-state index in [1.807, 2.05) is 6.92 Å². The van der Waals surface area contributed by atoms with Gasteiger partial charge in [-0.25, -0.2) is 4.98 Å². The first kappa shape index (κ1) is 16.4. The van der Waals surface area contributed by atoms with Gasteiger partial charge in [0.25, 0.3) is 11.6 Å². The third kappa shape index (κ3) is 3.63. The van der Waals surface area contributed by atoms with Gasteiger partial charge in [0.15, 0.2) is 0 Å². The molecule has 2 rings (SSSR count). The molecule has 0 aliphatic rings. The van der Waals surface area contributed by atoms with Crippen LogP contribution in [-0.4, -0.2) is 22.1 Å². The van der Waals surface area contributed by atoms with Crippen molar-refractivity contribution >= 4 is 45.0 Å². The summed E-state index contributed by atoms with van der Waals surface area (Å²) >= 11 is 4.54. The van der Waals surface area contributed by atoms with E-state index in [1.54, 1.807) is 24.5 Å². The molecule has 8 heteroatoms. The van der Waals surface area contributed by atoms with E-state index >= 15 is 0 Å². The Kier molecular flexibility index (Phi) is 5.15. The number of nitro groups is 1. The van der Waals surface area contributed by atoms with Crippen molar-refractivity contribution in [3.05, 3.63) is 56.3 Å². The fraction of sp³-hybridized carbons (Fsp3) is 0.143. The molecule has 114 valence electrons. The number of nitrogens with one attached hydrogen (secondary N) is 1. The van der Waals surface area contributed by atoms with Crippen LogP contribution in [0.4, 0.5) is 11.4 Å². The van der Waals surface area contributed by atoms with Crippen LogP contribution >= 0.6 is 27.7 Å². The zero-order chi connectivity index (χ0) is 16.3. The van der Waals surface area contributed by atoms with E-state index in [2.05, 4.69) is 26.2 Å².